The van der Waals surface area contributed by atoms with Crippen LogP contribution in [0.5, 0.6) is 5.88 Å². The summed E-state index contributed by atoms with van der Waals surface area (Å²) in [6, 6.07) is 0. The van der Waals surface area contributed by atoms with Crippen LogP contribution in [0.1, 0.15) is 44.1 Å². The van der Waals surface area contributed by atoms with E-state index in [9.17, 15) is 0 Å². The van der Waals surface area contributed by atoms with Crippen molar-refractivity contribution in [3.63, 3.8) is 0 Å². The first-order chi connectivity index (χ1) is 9.74. The summed E-state index contributed by atoms with van der Waals surface area (Å²) < 4.78 is 7.94. The number of aromatic nitrogens is 2. The lowest BCUT2D eigenvalue weighted by Gasteiger charge is -2.56. The molecule has 1 aromatic rings. The summed E-state index contributed by atoms with van der Waals surface area (Å²) in [5, 5.41) is 4.73. The molecule has 1 heterocycles. The first kappa shape index (κ1) is 12.7. The molecule has 4 bridgehead atoms. The molecule has 4 nitrogen and oxygen atoms in total. The summed E-state index contributed by atoms with van der Waals surface area (Å²) in [6.07, 6.45) is 11.1. The minimum atomic E-state index is 0.243. The lowest BCUT2D eigenvalue weighted by molar-refractivity contribution is -0.0525. The lowest BCUT2D eigenvalue weighted by Crippen LogP contribution is -2.52. The first-order valence-corrected chi connectivity index (χ1v) is 8.05. The Morgan fingerprint density at radius 2 is 1.85 bits per heavy atom. The van der Waals surface area contributed by atoms with E-state index in [0.29, 0.717) is 6.54 Å². The molecule has 4 aliphatic rings. The summed E-state index contributed by atoms with van der Waals surface area (Å²) in [7, 11) is 1.77. The van der Waals surface area contributed by atoms with Crippen molar-refractivity contribution in [2.24, 2.45) is 23.5 Å². The third-order valence-corrected chi connectivity index (χ3v) is 5.86. The Hall–Kier alpha value is -1.03. The molecular formula is C16H25N3O. The van der Waals surface area contributed by atoms with Crippen molar-refractivity contribution < 1.29 is 4.74 Å². The van der Waals surface area contributed by atoms with Crippen LogP contribution in [-0.4, -0.2) is 23.4 Å². The van der Waals surface area contributed by atoms with E-state index in [1.54, 1.807) is 7.11 Å². The normalized spacial score (nSPS) is 38.4. The molecule has 0 aliphatic heterocycles. The molecule has 2 N–H and O–H groups in total. The van der Waals surface area contributed by atoms with Gasteiger partial charge in [-0.1, -0.05) is 0 Å². The number of nitrogens with zero attached hydrogens (tertiary/aromatic N) is 2. The van der Waals surface area contributed by atoms with Crippen molar-refractivity contribution in [3.8, 4) is 5.88 Å². The van der Waals surface area contributed by atoms with Gasteiger partial charge in [0.15, 0.2) is 0 Å². The molecule has 4 fully saturated rings. The van der Waals surface area contributed by atoms with Gasteiger partial charge < -0.3 is 10.5 Å². The van der Waals surface area contributed by atoms with Gasteiger partial charge in [-0.25, -0.2) is 4.68 Å². The zero-order valence-electron chi connectivity index (χ0n) is 12.3. The van der Waals surface area contributed by atoms with E-state index in [2.05, 4.69) is 4.68 Å². The number of ether oxygens (including phenoxy) is 1. The standard InChI is InChI=1S/C16H25N3O/c1-20-15-14(2-3-17)10-18-19(15)16-7-11-4-12(8-16)6-13(5-11)9-16/h10-13H,2-9,17H2,1H3. The van der Waals surface area contributed by atoms with Crippen LogP contribution in [0.15, 0.2) is 6.20 Å². The fraction of sp³-hybridized carbons (Fsp3) is 0.812. The van der Waals surface area contributed by atoms with E-state index in [-0.39, 0.29) is 5.54 Å². The van der Waals surface area contributed by atoms with E-state index >= 15 is 0 Å². The molecule has 0 saturated heterocycles. The van der Waals surface area contributed by atoms with E-state index in [4.69, 9.17) is 15.6 Å². The van der Waals surface area contributed by atoms with Crippen LogP contribution in [0, 0.1) is 17.8 Å². The molecule has 0 amide bonds. The molecule has 0 atom stereocenters. The SMILES string of the molecule is COc1c(CCN)cnn1C12CC3CC(CC(C3)C1)C2. The van der Waals surface area contributed by atoms with Gasteiger partial charge in [0.2, 0.25) is 5.88 Å². The summed E-state index contributed by atoms with van der Waals surface area (Å²) in [6.45, 7) is 0.656. The number of nitrogens with two attached hydrogens (primary N) is 1. The molecule has 0 unspecified atom stereocenters. The number of hydrogen-bond acceptors (Lipinski definition) is 3. The third kappa shape index (κ3) is 1.73. The molecule has 0 aromatic carbocycles. The van der Waals surface area contributed by atoms with Gasteiger partial charge in [0.25, 0.3) is 0 Å². The van der Waals surface area contributed by atoms with Crippen LogP contribution in [0.2, 0.25) is 0 Å². The van der Waals surface area contributed by atoms with Crippen LogP contribution in [-0.2, 0) is 12.0 Å². The molecule has 1 aromatic heterocycles. The van der Waals surface area contributed by atoms with Gasteiger partial charge >= 0.3 is 0 Å². The minimum Gasteiger partial charge on any atom is -0.481 e. The zero-order chi connectivity index (χ0) is 13.7. The Morgan fingerprint density at radius 1 is 1.25 bits per heavy atom. The highest BCUT2D eigenvalue weighted by Gasteiger charge is 2.53. The lowest BCUT2D eigenvalue weighted by atomic mass is 9.53. The van der Waals surface area contributed by atoms with Gasteiger partial charge in [-0.15, -0.1) is 0 Å². The Bertz CT molecular complexity index is 473. The van der Waals surface area contributed by atoms with Crippen LogP contribution < -0.4 is 10.5 Å². The smallest absolute Gasteiger partial charge is 0.215 e. The Balaban J connectivity index is 1.73. The Kier molecular flexibility index (Phi) is 2.85. The molecule has 110 valence electrons. The molecule has 0 radical (unpaired) electrons. The van der Waals surface area contributed by atoms with Crippen LogP contribution in [0.25, 0.3) is 0 Å². The summed E-state index contributed by atoms with van der Waals surface area (Å²) in [5.74, 6) is 3.74. The fourth-order valence-corrected chi connectivity index (χ4v) is 5.58. The van der Waals surface area contributed by atoms with Crippen molar-refractivity contribution in [1.29, 1.82) is 0 Å². The minimum absolute atomic E-state index is 0.243. The zero-order valence-corrected chi connectivity index (χ0v) is 12.3. The molecule has 4 aliphatic carbocycles. The van der Waals surface area contributed by atoms with Gasteiger partial charge in [-0.3, -0.25) is 0 Å². The second-order valence-corrected chi connectivity index (χ2v) is 7.27. The highest BCUT2D eigenvalue weighted by atomic mass is 16.5. The van der Waals surface area contributed by atoms with Gasteiger partial charge in [0.05, 0.1) is 18.8 Å². The summed E-state index contributed by atoms with van der Waals surface area (Å²) >= 11 is 0. The second kappa shape index (κ2) is 4.48. The predicted octanol–water partition coefficient (Wildman–Crippen LogP) is 2.32. The molecular weight excluding hydrogens is 250 g/mol. The molecule has 4 saturated carbocycles. The van der Waals surface area contributed by atoms with E-state index < -0.39 is 0 Å². The van der Waals surface area contributed by atoms with Crippen molar-refractivity contribution in [3.05, 3.63) is 11.8 Å². The van der Waals surface area contributed by atoms with Crippen molar-refractivity contribution >= 4 is 0 Å². The van der Waals surface area contributed by atoms with Gasteiger partial charge in [0.1, 0.15) is 0 Å². The average molecular weight is 275 g/mol. The van der Waals surface area contributed by atoms with Crippen LogP contribution >= 0.6 is 0 Å². The molecule has 20 heavy (non-hydrogen) atoms. The summed E-state index contributed by atoms with van der Waals surface area (Å²) in [4.78, 5) is 0. The van der Waals surface area contributed by atoms with Gasteiger partial charge in [0, 0.05) is 5.56 Å². The van der Waals surface area contributed by atoms with E-state index in [1.807, 2.05) is 6.20 Å². The van der Waals surface area contributed by atoms with Crippen LogP contribution in [0.4, 0.5) is 0 Å². The van der Waals surface area contributed by atoms with Crippen molar-refractivity contribution in [1.82, 2.24) is 9.78 Å². The Labute approximate surface area is 120 Å². The maximum atomic E-state index is 5.71. The number of methoxy groups -OCH3 is 1. The highest BCUT2D eigenvalue weighted by Crippen LogP contribution is 2.59. The highest BCUT2D eigenvalue weighted by molar-refractivity contribution is 5.27. The van der Waals surface area contributed by atoms with Crippen molar-refractivity contribution in [2.45, 2.75) is 50.5 Å². The van der Waals surface area contributed by atoms with Gasteiger partial charge in [-0.05, 0) is 69.2 Å². The van der Waals surface area contributed by atoms with E-state index in [1.165, 1.54) is 44.1 Å². The van der Waals surface area contributed by atoms with Crippen LogP contribution in [0.3, 0.4) is 0 Å². The maximum Gasteiger partial charge on any atom is 0.215 e. The second-order valence-electron chi connectivity index (χ2n) is 7.27. The number of rotatable bonds is 4. The summed E-state index contributed by atoms with van der Waals surface area (Å²) in [5.41, 5.74) is 7.12. The van der Waals surface area contributed by atoms with E-state index in [0.717, 1.165) is 30.1 Å². The molecule has 0 spiro atoms. The predicted molar refractivity (Wildman–Crippen MR) is 77.7 cm³/mol. The quantitative estimate of drug-likeness (QED) is 0.917. The largest absolute Gasteiger partial charge is 0.481 e. The maximum absolute atomic E-state index is 5.71. The first-order valence-electron chi connectivity index (χ1n) is 8.05. The monoisotopic (exact) mass is 275 g/mol. The fourth-order valence-electron chi connectivity index (χ4n) is 5.58. The molecule has 4 heteroatoms. The Morgan fingerprint density at radius 3 is 2.35 bits per heavy atom. The average Bonchev–Trinajstić information content (AvgIpc) is 2.81. The van der Waals surface area contributed by atoms with Gasteiger partial charge in [-0.2, -0.15) is 5.10 Å². The molecule has 5 rings (SSSR count). The third-order valence-electron chi connectivity index (χ3n) is 5.86. The van der Waals surface area contributed by atoms with Crippen molar-refractivity contribution in [2.75, 3.05) is 13.7 Å². The number of hydrogen-bond donors (Lipinski definition) is 1. The topological polar surface area (TPSA) is 53.1 Å².